The minimum absolute atomic E-state index is 0.138. The SMILES string of the molecule is CS(=O)(=O)c1ncc(Br)c(NC2CCCC2)n1.CSc1ncc(Br)c(NC2CCCC2)n1. The molecule has 2 aliphatic carbocycles. The number of hydrogen-bond acceptors (Lipinski definition) is 9. The molecular formula is C20H28Br2N6O2S2. The smallest absolute Gasteiger partial charge is 0.248 e. The Morgan fingerprint density at radius 2 is 1.34 bits per heavy atom. The zero-order valence-electron chi connectivity index (χ0n) is 18.1. The fourth-order valence-electron chi connectivity index (χ4n) is 3.71. The highest BCUT2D eigenvalue weighted by Gasteiger charge is 2.19. The predicted octanol–water partition coefficient (Wildman–Crippen LogP) is 5.31. The van der Waals surface area contributed by atoms with E-state index in [0.29, 0.717) is 22.4 Å². The molecule has 0 aliphatic heterocycles. The van der Waals surface area contributed by atoms with Crippen molar-refractivity contribution in [1.82, 2.24) is 19.9 Å². The Hall–Kier alpha value is -0.980. The summed E-state index contributed by atoms with van der Waals surface area (Å²) in [6.07, 6.45) is 16.2. The monoisotopic (exact) mass is 606 g/mol. The summed E-state index contributed by atoms with van der Waals surface area (Å²) in [5.74, 6) is 1.49. The van der Waals surface area contributed by atoms with Crippen LogP contribution in [0.5, 0.6) is 0 Å². The summed E-state index contributed by atoms with van der Waals surface area (Å²) in [5.41, 5.74) is 0. The Labute approximate surface area is 210 Å². The molecule has 0 bridgehead atoms. The molecule has 2 heterocycles. The Morgan fingerprint density at radius 1 is 0.875 bits per heavy atom. The molecule has 2 fully saturated rings. The second-order valence-electron chi connectivity index (χ2n) is 7.93. The minimum Gasteiger partial charge on any atom is -0.366 e. The van der Waals surface area contributed by atoms with Gasteiger partial charge in [0.25, 0.3) is 0 Å². The van der Waals surface area contributed by atoms with Gasteiger partial charge in [-0.2, -0.15) is 4.98 Å². The van der Waals surface area contributed by atoms with E-state index in [2.05, 4.69) is 62.4 Å². The highest BCUT2D eigenvalue weighted by Crippen LogP contribution is 2.27. The van der Waals surface area contributed by atoms with Crippen molar-refractivity contribution in [3.05, 3.63) is 21.3 Å². The molecule has 176 valence electrons. The van der Waals surface area contributed by atoms with Gasteiger partial charge in [0.15, 0.2) is 5.16 Å². The number of sulfone groups is 1. The molecule has 2 aliphatic rings. The van der Waals surface area contributed by atoms with E-state index in [1.54, 1.807) is 11.8 Å². The number of halogens is 2. The van der Waals surface area contributed by atoms with E-state index in [4.69, 9.17) is 0 Å². The average Bonchev–Trinajstić information content (AvgIpc) is 3.45. The molecule has 12 heteroatoms. The first-order valence-corrected chi connectivity index (χ1v) is 15.3. The van der Waals surface area contributed by atoms with Crippen LogP contribution >= 0.6 is 43.6 Å². The van der Waals surface area contributed by atoms with E-state index in [-0.39, 0.29) is 5.16 Å². The first kappa shape index (κ1) is 25.6. The van der Waals surface area contributed by atoms with Gasteiger partial charge in [-0.3, -0.25) is 0 Å². The molecule has 2 aromatic rings. The van der Waals surface area contributed by atoms with E-state index in [9.17, 15) is 8.42 Å². The lowest BCUT2D eigenvalue weighted by atomic mass is 10.2. The summed E-state index contributed by atoms with van der Waals surface area (Å²) in [6.45, 7) is 0. The average molecular weight is 608 g/mol. The van der Waals surface area contributed by atoms with Crippen molar-refractivity contribution in [2.45, 2.75) is 73.8 Å². The molecule has 0 amide bonds. The van der Waals surface area contributed by atoms with Crippen molar-refractivity contribution in [1.29, 1.82) is 0 Å². The topological polar surface area (TPSA) is 110 Å². The number of thioether (sulfide) groups is 1. The fraction of sp³-hybridized carbons (Fsp3) is 0.600. The molecule has 2 aromatic heterocycles. The van der Waals surface area contributed by atoms with Gasteiger partial charge < -0.3 is 10.6 Å². The Bertz CT molecular complexity index is 1010. The normalized spacial score (nSPS) is 17.1. The first-order valence-electron chi connectivity index (χ1n) is 10.6. The van der Waals surface area contributed by atoms with Crippen LogP contribution in [-0.4, -0.2) is 52.9 Å². The van der Waals surface area contributed by atoms with Crippen molar-refractivity contribution in [3.8, 4) is 0 Å². The molecule has 8 nitrogen and oxygen atoms in total. The molecule has 0 saturated heterocycles. The molecular weight excluding hydrogens is 580 g/mol. The zero-order chi connectivity index (χ0) is 23.1. The van der Waals surface area contributed by atoms with Crippen LogP contribution in [0.25, 0.3) is 0 Å². The van der Waals surface area contributed by atoms with Crippen molar-refractivity contribution in [2.24, 2.45) is 0 Å². The van der Waals surface area contributed by atoms with Crippen LogP contribution in [0, 0.1) is 0 Å². The van der Waals surface area contributed by atoms with Gasteiger partial charge in [-0.25, -0.2) is 23.4 Å². The summed E-state index contributed by atoms with van der Waals surface area (Å²) in [7, 11) is -3.36. The van der Waals surface area contributed by atoms with Crippen LogP contribution in [0.1, 0.15) is 51.4 Å². The lowest BCUT2D eigenvalue weighted by Gasteiger charge is -2.14. The molecule has 0 unspecified atom stereocenters. The van der Waals surface area contributed by atoms with Gasteiger partial charge in [0, 0.05) is 30.7 Å². The van der Waals surface area contributed by atoms with E-state index >= 15 is 0 Å². The fourth-order valence-corrected chi connectivity index (χ4v) is 5.16. The molecule has 0 aromatic carbocycles. The quantitative estimate of drug-likeness (QED) is 0.333. The Morgan fingerprint density at radius 3 is 1.81 bits per heavy atom. The van der Waals surface area contributed by atoms with Crippen LogP contribution < -0.4 is 10.6 Å². The highest BCUT2D eigenvalue weighted by molar-refractivity contribution is 9.11. The standard InChI is InChI=1S/C10H14BrN3O2S.C10H14BrN3S/c1-17(15,16)10-12-6-8(11)9(14-10)13-7-4-2-3-5-7;1-15-10-12-6-8(11)9(14-10)13-7-4-2-3-5-7/h6-7H,2-5H2,1H3,(H,12,13,14);6-7H,2-5H2,1H3,(H,12,13,14). The van der Waals surface area contributed by atoms with Crippen LogP contribution in [0.15, 0.2) is 31.7 Å². The summed E-state index contributed by atoms with van der Waals surface area (Å²) < 4.78 is 24.4. The minimum atomic E-state index is -3.36. The third kappa shape index (κ3) is 7.53. The maximum Gasteiger partial charge on any atom is 0.248 e. The third-order valence-corrected chi connectivity index (χ3v) is 7.93. The van der Waals surface area contributed by atoms with Crippen molar-refractivity contribution in [3.63, 3.8) is 0 Å². The molecule has 2 N–H and O–H groups in total. The summed E-state index contributed by atoms with van der Waals surface area (Å²) in [6, 6.07) is 0.972. The number of anilines is 2. The van der Waals surface area contributed by atoms with E-state index in [1.807, 2.05) is 12.5 Å². The van der Waals surface area contributed by atoms with E-state index < -0.39 is 9.84 Å². The number of nitrogens with zero attached hydrogens (tertiary/aromatic N) is 4. The highest BCUT2D eigenvalue weighted by atomic mass is 79.9. The molecule has 0 radical (unpaired) electrons. The molecule has 0 atom stereocenters. The van der Waals surface area contributed by atoms with E-state index in [0.717, 1.165) is 34.5 Å². The van der Waals surface area contributed by atoms with Gasteiger partial charge in [-0.05, 0) is 63.8 Å². The Balaban J connectivity index is 0.000000182. The lowest BCUT2D eigenvalue weighted by molar-refractivity contribution is 0.592. The Kier molecular flexibility index (Phi) is 9.56. The molecule has 2 saturated carbocycles. The predicted molar refractivity (Wildman–Crippen MR) is 136 cm³/mol. The van der Waals surface area contributed by atoms with E-state index in [1.165, 1.54) is 44.7 Å². The second kappa shape index (κ2) is 11.9. The molecule has 4 rings (SSSR count). The van der Waals surface area contributed by atoms with Crippen LogP contribution in [0.4, 0.5) is 11.6 Å². The number of aromatic nitrogens is 4. The zero-order valence-corrected chi connectivity index (χ0v) is 22.9. The maximum atomic E-state index is 11.4. The molecule has 32 heavy (non-hydrogen) atoms. The summed E-state index contributed by atoms with van der Waals surface area (Å²) in [4.78, 5) is 16.5. The summed E-state index contributed by atoms with van der Waals surface area (Å²) >= 11 is 8.36. The van der Waals surface area contributed by atoms with Crippen molar-refractivity contribution in [2.75, 3.05) is 23.1 Å². The largest absolute Gasteiger partial charge is 0.366 e. The van der Waals surface area contributed by atoms with Gasteiger partial charge in [0.05, 0.1) is 8.95 Å². The van der Waals surface area contributed by atoms with Crippen molar-refractivity contribution >= 4 is 65.1 Å². The number of hydrogen-bond donors (Lipinski definition) is 2. The third-order valence-electron chi connectivity index (χ3n) is 5.35. The van der Waals surface area contributed by atoms with Crippen LogP contribution in [0.2, 0.25) is 0 Å². The van der Waals surface area contributed by atoms with Gasteiger partial charge in [-0.1, -0.05) is 37.4 Å². The lowest BCUT2D eigenvalue weighted by Crippen LogP contribution is -2.17. The van der Waals surface area contributed by atoms with Crippen LogP contribution in [-0.2, 0) is 9.84 Å². The van der Waals surface area contributed by atoms with Gasteiger partial charge >= 0.3 is 0 Å². The first-order chi connectivity index (χ1) is 15.3. The van der Waals surface area contributed by atoms with Gasteiger partial charge in [0.2, 0.25) is 15.0 Å². The van der Waals surface area contributed by atoms with Crippen molar-refractivity contribution < 1.29 is 8.42 Å². The van der Waals surface area contributed by atoms with Gasteiger partial charge in [-0.15, -0.1) is 0 Å². The molecule has 0 spiro atoms. The maximum absolute atomic E-state index is 11.4. The second-order valence-corrected chi connectivity index (χ2v) is 12.3. The summed E-state index contributed by atoms with van der Waals surface area (Å²) in [5, 5.41) is 7.41. The number of nitrogens with one attached hydrogen (secondary N) is 2. The number of rotatable bonds is 6. The van der Waals surface area contributed by atoms with Gasteiger partial charge in [0.1, 0.15) is 11.6 Å². The van der Waals surface area contributed by atoms with Crippen LogP contribution in [0.3, 0.4) is 0 Å².